The van der Waals surface area contributed by atoms with Crippen molar-refractivity contribution in [1.82, 2.24) is 10.3 Å². The number of carbonyl (C=O) groups excluding carboxylic acids is 2. The SMILES string of the molecule is CC(C)[C@H](N)C(=O)NCC(=O)Nc1ccc(N2CCOCC2)c2ccncc12.Cl.Cl. The normalized spacial score (nSPS) is 14.5. The smallest absolute Gasteiger partial charge is 0.243 e. The number of amides is 2. The lowest BCUT2D eigenvalue weighted by Crippen LogP contribution is -2.46. The summed E-state index contributed by atoms with van der Waals surface area (Å²) in [7, 11) is 0. The van der Waals surface area contributed by atoms with E-state index in [-0.39, 0.29) is 49.1 Å². The van der Waals surface area contributed by atoms with E-state index in [4.69, 9.17) is 10.5 Å². The molecule has 2 heterocycles. The number of pyridine rings is 1. The van der Waals surface area contributed by atoms with E-state index in [0.717, 1.165) is 29.5 Å². The minimum Gasteiger partial charge on any atom is -0.378 e. The van der Waals surface area contributed by atoms with Gasteiger partial charge in [0.25, 0.3) is 0 Å². The fourth-order valence-corrected chi connectivity index (χ4v) is 3.15. The number of hydrogen-bond donors (Lipinski definition) is 3. The molecule has 1 aromatic carbocycles. The van der Waals surface area contributed by atoms with Gasteiger partial charge in [0.1, 0.15) is 0 Å². The van der Waals surface area contributed by atoms with E-state index in [1.807, 2.05) is 32.0 Å². The first kappa shape index (κ1) is 25.9. The lowest BCUT2D eigenvalue weighted by Gasteiger charge is -2.30. The second-order valence-electron chi connectivity index (χ2n) is 7.19. The summed E-state index contributed by atoms with van der Waals surface area (Å²) in [5.41, 5.74) is 7.55. The number of nitrogens with one attached hydrogen (secondary N) is 2. The monoisotopic (exact) mass is 457 g/mol. The molecule has 3 rings (SSSR count). The van der Waals surface area contributed by atoms with Gasteiger partial charge in [0, 0.05) is 41.9 Å². The van der Waals surface area contributed by atoms with E-state index < -0.39 is 6.04 Å². The van der Waals surface area contributed by atoms with Crippen LogP contribution in [0.25, 0.3) is 10.8 Å². The van der Waals surface area contributed by atoms with E-state index >= 15 is 0 Å². The first-order valence-corrected chi connectivity index (χ1v) is 9.50. The standard InChI is InChI=1S/C20H27N5O3.2ClH/c1-13(2)19(21)20(27)23-12-18(26)24-16-3-4-17(25-7-9-28-10-8-25)14-5-6-22-11-15(14)16;;/h3-6,11,13,19H,7-10,12,21H2,1-2H3,(H,23,27)(H,24,26);2*1H/t19-;;/m0../s1. The molecule has 2 amide bonds. The highest BCUT2D eigenvalue weighted by Gasteiger charge is 2.19. The van der Waals surface area contributed by atoms with Gasteiger partial charge in [-0.25, -0.2) is 0 Å². The van der Waals surface area contributed by atoms with Gasteiger partial charge in [-0.3, -0.25) is 14.6 Å². The van der Waals surface area contributed by atoms with Crippen LogP contribution >= 0.6 is 24.8 Å². The van der Waals surface area contributed by atoms with Crippen molar-refractivity contribution in [3.63, 3.8) is 0 Å². The van der Waals surface area contributed by atoms with Crippen LogP contribution < -0.4 is 21.3 Å². The highest BCUT2D eigenvalue weighted by Crippen LogP contribution is 2.32. The highest BCUT2D eigenvalue weighted by atomic mass is 35.5. The van der Waals surface area contributed by atoms with Crippen LogP contribution in [0.3, 0.4) is 0 Å². The number of aromatic nitrogens is 1. The van der Waals surface area contributed by atoms with Gasteiger partial charge in [-0.05, 0) is 24.1 Å². The van der Waals surface area contributed by atoms with Gasteiger partial charge in [-0.2, -0.15) is 0 Å². The molecule has 1 fully saturated rings. The molecule has 2 aromatic rings. The number of nitrogens with two attached hydrogens (primary N) is 1. The lowest BCUT2D eigenvalue weighted by molar-refractivity contribution is -0.125. The molecule has 0 spiro atoms. The minimum atomic E-state index is -0.634. The molecule has 10 heteroatoms. The molecule has 166 valence electrons. The molecule has 30 heavy (non-hydrogen) atoms. The molecule has 1 aliphatic rings. The fraction of sp³-hybridized carbons (Fsp3) is 0.450. The van der Waals surface area contributed by atoms with Crippen LogP contribution in [0.2, 0.25) is 0 Å². The van der Waals surface area contributed by atoms with Crippen LogP contribution in [0.1, 0.15) is 13.8 Å². The Bertz CT molecular complexity index is 859. The largest absolute Gasteiger partial charge is 0.378 e. The average molecular weight is 458 g/mol. The predicted octanol–water partition coefficient (Wildman–Crippen LogP) is 1.95. The second-order valence-corrected chi connectivity index (χ2v) is 7.19. The summed E-state index contributed by atoms with van der Waals surface area (Å²) in [6.07, 6.45) is 3.48. The van der Waals surface area contributed by atoms with Crippen molar-refractivity contribution in [2.24, 2.45) is 11.7 Å². The molecule has 0 aliphatic carbocycles. The van der Waals surface area contributed by atoms with Gasteiger partial charge in [-0.15, -0.1) is 24.8 Å². The Hall–Kier alpha value is -2.13. The van der Waals surface area contributed by atoms with Crippen molar-refractivity contribution in [1.29, 1.82) is 0 Å². The molecule has 0 bridgehead atoms. The molecule has 0 radical (unpaired) electrons. The third-order valence-corrected chi connectivity index (χ3v) is 4.87. The van der Waals surface area contributed by atoms with Crippen LogP contribution in [0.4, 0.5) is 11.4 Å². The van der Waals surface area contributed by atoms with Crippen LogP contribution in [0.15, 0.2) is 30.6 Å². The van der Waals surface area contributed by atoms with Crippen molar-refractivity contribution < 1.29 is 14.3 Å². The summed E-state index contributed by atoms with van der Waals surface area (Å²) in [5.74, 6) is -0.640. The summed E-state index contributed by atoms with van der Waals surface area (Å²) in [6, 6.07) is 5.18. The van der Waals surface area contributed by atoms with Crippen LogP contribution in [-0.4, -0.2) is 55.7 Å². The average Bonchev–Trinajstić information content (AvgIpc) is 2.72. The van der Waals surface area contributed by atoms with Gasteiger partial charge in [0.15, 0.2) is 0 Å². The Morgan fingerprint density at radius 3 is 2.53 bits per heavy atom. The van der Waals surface area contributed by atoms with Crippen LogP contribution in [0, 0.1) is 5.92 Å². The summed E-state index contributed by atoms with van der Waals surface area (Å²) in [4.78, 5) is 30.7. The first-order chi connectivity index (χ1) is 13.5. The van der Waals surface area contributed by atoms with E-state index in [2.05, 4.69) is 20.5 Å². The third kappa shape index (κ3) is 6.18. The molecule has 1 aromatic heterocycles. The maximum atomic E-state index is 12.3. The number of halogens is 2. The van der Waals surface area contributed by atoms with E-state index in [1.165, 1.54) is 0 Å². The first-order valence-electron chi connectivity index (χ1n) is 9.50. The zero-order chi connectivity index (χ0) is 20.1. The molecule has 0 unspecified atom stereocenters. The molecule has 8 nitrogen and oxygen atoms in total. The number of rotatable bonds is 6. The number of fused-ring (bicyclic) bond motifs is 1. The zero-order valence-electron chi connectivity index (χ0n) is 17.1. The van der Waals surface area contributed by atoms with Crippen molar-refractivity contribution in [3.8, 4) is 0 Å². The number of anilines is 2. The van der Waals surface area contributed by atoms with Gasteiger partial charge in [-0.1, -0.05) is 13.8 Å². The molecule has 1 saturated heterocycles. The fourth-order valence-electron chi connectivity index (χ4n) is 3.15. The van der Waals surface area contributed by atoms with Gasteiger partial charge < -0.3 is 26.0 Å². The highest BCUT2D eigenvalue weighted by molar-refractivity contribution is 6.07. The number of ether oxygens (including phenoxy) is 1. The van der Waals surface area contributed by atoms with Crippen molar-refractivity contribution in [2.75, 3.05) is 43.1 Å². The topological polar surface area (TPSA) is 110 Å². The Morgan fingerprint density at radius 1 is 1.17 bits per heavy atom. The Balaban J connectivity index is 0.00000225. The molecular weight excluding hydrogens is 429 g/mol. The summed E-state index contributed by atoms with van der Waals surface area (Å²) in [5, 5.41) is 7.31. The Labute approximate surface area is 188 Å². The van der Waals surface area contributed by atoms with Crippen LogP contribution in [0.5, 0.6) is 0 Å². The minimum absolute atomic E-state index is 0. The Morgan fingerprint density at radius 2 is 1.87 bits per heavy atom. The summed E-state index contributed by atoms with van der Waals surface area (Å²) in [6.45, 7) is 6.63. The van der Waals surface area contributed by atoms with E-state index in [1.54, 1.807) is 12.4 Å². The van der Waals surface area contributed by atoms with Crippen molar-refractivity contribution >= 4 is 58.8 Å². The maximum absolute atomic E-state index is 12.3. The predicted molar refractivity (Wildman–Crippen MR) is 124 cm³/mol. The van der Waals surface area contributed by atoms with Crippen molar-refractivity contribution in [3.05, 3.63) is 30.6 Å². The maximum Gasteiger partial charge on any atom is 0.243 e. The molecule has 0 saturated carbocycles. The quantitative estimate of drug-likeness (QED) is 0.611. The van der Waals surface area contributed by atoms with E-state index in [9.17, 15) is 9.59 Å². The number of nitrogens with zero attached hydrogens (tertiary/aromatic N) is 2. The number of morpholine rings is 1. The second kappa shape index (κ2) is 11.9. The van der Waals surface area contributed by atoms with Gasteiger partial charge >= 0.3 is 0 Å². The summed E-state index contributed by atoms with van der Waals surface area (Å²) < 4.78 is 5.43. The Kier molecular flexibility index (Phi) is 10.3. The molecule has 1 aliphatic heterocycles. The third-order valence-electron chi connectivity index (χ3n) is 4.87. The van der Waals surface area contributed by atoms with Crippen LogP contribution in [-0.2, 0) is 14.3 Å². The molecule has 1 atom stereocenters. The van der Waals surface area contributed by atoms with Gasteiger partial charge in [0.2, 0.25) is 11.8 Å². The molecule has 4 N–H and O–H groups in total. The van der Waals surface area contributed by atoms with Crippen molar-refractivity contribution in [2.45, 2.75) is 19.9 Å². The number of benzene rings is 1. The zero-order valence-corrected chi connectivity index (χ0v) is 18.7. The summed E-state index contributed by atoms with van der Waals surface area (Å²) >= 11 is 0. The van der Waals surface area contributed by atoms with Gasteiger partial charge in [0.05, 0.1) is 31.5 Å². The van der Waals surface area contributed by atoms with E-state index in [0.29, 0.717) is 18.9 Å². The number of carbonyl (C=O) groups is 2. The molecular formula is C20H29Cl2N5O3. The lowest BCUT2D eigenvalue weighted by atomic mass is 10.1. The number of hydrogen-bond acceptors (Lipinski definition) is 6.